The van der Waals surface area contributed by atoms with E-state index in [1.807, 2.05) is 6.92 Å². The van der Waals surface area contributed by atoms with E-state index in [9.17, 15) is 4.79 Å². The summed E-state index contributed by atoms with van der Waals surface area (Å²) in [5.74, 6) is 0. The molecule has 0 saturated carbocycles. The molecule has 1 amide bonds. The zero-order chi connectivity index (χ0) is 12.0. The lowest BCUT2D eigenvalue weighted by Crippen LogP contribution is -2.29. The maximum atomic E-state index is 11.0. The van der Waals surface area contributed by atoms with Gasteiger partial charge >= 0.3 is 6.09 Å². The van der Waals surface area contributed by atoms with Crippen LogP contribution in [0.5, 0.6) is 0 Å². The van der Waals surface area contributed by atoms with E-state index < -0.39 is 6.09 Å². The van der Waals surface area contributed by atoms with Gasteiger partial charge in [0.2, 0.25) is 0 Å². The number of hydrogen-bond donors (Lipinski definition) is 1. The number of halogens is 1. The van der Waals surface area contributed by atoms with Gasteiger partial charge in [0, 0.05) is 12.7 Å². The van der Waals surface area contributed by atoms with Gasteiger partial charge in [-0.15, -0.1) is 0 Å². The number of unbranched alkanes of at least 4 members (excludes halogenated alkanes) is 1. The van der Waals surface area contributed by atoms with E-state index in [2.05, 4.69) is 4.98 Å². The summed E-state index contributed by atoms with van der Waals surface area (Å²) in [6.07, 6.45) is 2.54. The molecule has 1 rings (SSSR count). The first kappa shape index (κ1) is 12.8. The number of rotatable bonds is 5. The standard InChI is InChI=1S/C11H15ClN2O2/c1-2-3-6-14(11(15)16)8-9-4-5-10(12)13-7-9/h4-5,7H,2-3,6,8H2,1H3,(H,15,16). The van der Waals surface area contributed by atoms with Crippen LogP contribution in [0.15, 0.2) is 18.3 Å². The lowest BCUT2D eigenvalue weighted by atomic mass is 10.2. The van der Waals surface area contributed by atoms with E-state index in [4.69, 9.17) is 16.7 Å². The van der Waals surface area contributed by atoms with Crippen LogP contribution in [0.2, 0.25) is 5.15 Å². The van der Waals surface area contributed by atoms with E-state index in [-0.39, 0.29) is 0 Å². The van der Waals surface area contributed by atoms with Crippen LogP contribution in [-0.4, -0.2) is 27.6 Å². The van der Waals surface area contributed by atoms with Gasteiger partial charge in [0.15, 0.2) is 0 Å². The Kier molecular flexibility index (Phi) is 5.05. The van der Waals surface area contributed by atoms with Crippen LogP contribution in [-0.2, 0) is 6.54 Å². The van der Waals surface area contributed by atoms with Crippen molar-refractivity contribution in [1.82, 2.24) is 9.88 Å². The molecule has 0 fully saturated rings. The number of amides is 1. The van der Waals surface area contributed by atoms with Gasteiger partial charge in [0.25, 0.3) is 0 Å². The van der Waals surface area contributed by atoms with Crippen molar-refractivity contribution in [3.8, 4) is 0 Å². The summed E-state index contributed by atoms with van der Waals surface area (Å²) in [6.45, 7) is 2.94. The SMILES string of the molecule is CCCCN(Cc1ccc(Cl)nc1)C(=O)O. The number of aromatic nitrogens is 1. The number of hydrogen-bond acceptors (Lipinski definition) is 2. The lowest BCUT2D eigenvalue weighted by molar-refractivity contribution is 0.141. The Morgan fingerprint density at radius 1 is 1.56 bits per heavy atom. The Morgan fingerprint density at radius 2 is 2.31 bits per heavy atom. The molecule has 16 heavy (non-hydrogen) atoms. The smallest absolute Gasteiger partial charge is 0.407 e. The zero-order valence-electron chi connectivity index (χ0n) is 9.19. The van der Waals surface area contributed by atoms with Gasteiger partial charge < -0.3 is 10.0 Å². The highest BCUT2D eigenvalue weighted by Gasteiger charge is 2.11. The fourth-order valence-corrected chi connectivity index (χ4v) is 1.42. The molecule has 0 aliphatic heterocycles. The fraction of sp³-hybridized carbons (Fsp3) is 0.455. The topological polar surface area (TPSA) is 53.4 Å². The highest BCUT2D eigenvalue weighted by molar-refractivity contribution is 6.29. The third-order valence-corrected chi connectivity index (χ3v) is 2.44. The van der Waals surface area contributed by atoms with E-state index in [0.717, 1.165) is 18.4 Å². The summed E-state index contributed by atoms with van der Waals surface area (Å²) in [6, 6.07) is 3.45. The van der Waals surface area contributed by atoms with Crippen molar-refractivity contribution < 1.29 is 9.90 Å². The normalized spacial score (nSPS) is 10.1. The molecule has 0 unspecified atom stereocenters. The lowest BCUT2D eigenvalue weighted by Gasteiger charge is -2.18. The number of carboxylic acid groups (broad SMARTS) is 1. The van der Waals surface area contributed by atoms with Gasteiger partial charge in [0.1, 0.15) is 5.15 Å². The predicted octanol–water partition coefficient (Wildman–Crippen LogP) is 3.02. The second-order valence-electron chi connectivity index (χ2n) is 3.55. The molecule has 1 aromatic heterocycles. The van der Waals surface area contributed by atoms with Gasteiger partial charge in [-0.1, -0.05) is 31.0 Å². The zero-order valence-corrected chi connectivity index (χ0v) is 9.94. The van der Waals surface area contributed by atoms with Gasteiger partial charge in [-0.25, -0.2) is 9.78 Å². The molecular weight excluding hydrogens is 228 g/mol. The molecule has 0 radical (unpaired) electrons. The largest absolute Gasteiger partial charge is 0.465 e. The fourth-order valence-electron chi connectivity index (χ4n) is 1.31. The summed E-state index contributed by atoms with van der Waals surface area (Å²) >= 11 is 5.65. The summed E-state index contributed by atoms with van der Waals surface area (Å²) in [5.41, 5.74) is 0.850. The molecule has 88 valence electrons. The molecule has 5 heteroatoms. The van der Waals surface area contributed by atoms with E-state index in [1.165, 1.54) is 4.90 Å². The average molecular weight is 243 g/mol. The summed E-state index contributed by atoms with van der Waals surface area (Å²) < 4.78 is 0. The van der Waals surface area contributed by atoms with Crippen molar-refractivity contribution in [3.05, 3.63) is 29.0 Å². The van der Waals surface area contributed by atoms with Crippen molar-refractivity contribution in [2.24, 2.45) is 0 Å². The first-order chi connectivity index (χ1) is 7.63. The molecule has 0 aliphatic rings. The third-order valence-electron chi connectivity index (χ3n) is 2.21. The summed E-state index contributed by atoms with van der Waals surface area (Å²) in [4.78, 5) is 16.3. The van der Waals surface area contributed by atoms with Gasteiger partial charge in [-0.3, -0.25) is 0 Å². The quantitative estimate of drug-likeness (QED) is 0.808. The van der Waals surface area contributed by atoms with E-state index in [1.54, 1.807) is 18.3 Å². The molecule has 0 saturated heterocycles. The maximum absolute atomic E-state index is 11.0. The van der Waals surface area contributed by atoms with Crippen LogP contribution in [0.3, 0.4) is 0 Å². The van der Waals surface area contributed by atoms with Crippen LogP contribution < -0.4 is 0 Å². The Morgan fingerprint density at radius 3 is 2.81 bits per heavy atom. The molecule has 0 aromatic carbocycles. The van der Waals surface area contributed by atoms with Gasteiger partial charge in [0.05, 0.1) is 6.54 Å². The minimum absolute atomic E-state index is 0.361. The molecule has 1 N–H and O–H groups in total. The highest BCUT2D eigenvalue weighted by atomic mass is 35.5. The predicted molar refractivity (Wildman–Crippen MR) is 62.6 cm³/mol. The Hall–Kier alpha value is -1.29. The first-order valence-corrected chi connectivity index (χ1v) is 5.59. The third kappa shape index (κ3) is 4.06. The molecule has 4 nitrogen and oxygen atoms in total. The Labute approximate surface area is 99.9 Å². The van der Waals surface area contributed by atoms with Crippen LogP contribution in [0, 0.1) is 0 Å². The highest BCUT2D eigenvalue weighted by Crippen LogP contribution is 2.09. The van der Waals surface area contributed by atoms with Gasteiger partial charge in [-0.2, -0.15) is 0 Å². The second kappa shape index (κ2) is 6.33. The minimum atomic E-state index is -0.900. The van der Waals surface area contributed by atoms with Crippen LogP contribution in [0.4, 0.5) is 4.79 Å². The minimum Gasteiger partial charge on any atom is -0.465 e. The first-order valence-electron chi connectivity index (χ1n) is 5.21. The molecule has 1 aromatic rings. The molecule has 0 bridgehead atoms. The van der Waals surface area contributed by atoms with E-state index >= 15 is 0 Å². The summed E-state index contributed by atoms with van der Waals surface area (Å²) in [7, 11) is 0. The number of carbonyl (C=O) groups is 1. The Bertz CT molecular complexity index is 340. The van der Waals surface area contributed by atoms with Crippen LogP contribution >= 0.6 is 11.6 Å². The van der Waals surface area contributed by atoms with Crippen molar-refractivity contribution in [2.75, 3.05) is 6.54 Å². The molecular formula is C11H15ClN2O2. The van der Waals surface area contributed by atoms with Crippen LogP contribution in [0.1, 0.15) is 25.3 Å². The van der Waals surface area contributed by atoms with Crippen molar-refractivity contribution in [3.63, 3.8) is 0 Å². The molecule has 0 spiro atoms. The Balaban J connectivity index is 2.60. The summed E-state index contributed by atoms with van der Waals surface area (Å²) in [5, 5.41) is 9.41. The monoisotopic (exact) mass is 242 g/mol. The molecule has 1 heterocycles. The maximum Gasteiger partial charge on any atom is 0.407 e. The number of pyridine rings is 1. The van der Waals surface area contributed by atoms with Crippen molar-refractivity contribution in [2.45, 2.75) is 26.3 Å². The second-order valence-corrected chi connectivity index (χ2v) is 3.93. The van der Waals surface area contributed by atoms with Crippen molar-refractivity contribution >= 4 is 17.7 Å². The van der Waals surface area contributed by atoms with E-state index in [0.29, 0.717) is 18.2 Å². The average Bonchev–Trinajstić information content (AvgIpc) is 2.26. The van der Waals surface area contributed by atoms with Gasteiger partial charge in [-0.05, 0) is 18.1 Å². The molecule has 0 aliphatic carbocycles. The number of nitrogens with zero attached hydrogens (tertiary/aromatic N) is 2. The van der Waals surface area contributed by atoms with Crippen molar-refractivity contribution in [1.29, 1.82) is 0 Å². The van der Waals surface area contributed by atoms with Crippen LogP contribution in [0.25, 0.3) is 0 Å². The molecule has 0 atom stereocenters.